The Kier molecular flexibility index (Phi) is 6.54. The third-order valence-electron chi connectivity index (χ3n) is 4.07. The molecule has 1 unspecified atom stereocenters. The number of anilines is 1. The number of hydrogen-bond acceptors (Lipinski definition) is 4. The van der Waals surface area contributed by atoms with Crippen LogP contribution in [-0.2, 0) is 11.3 Å². The first-order valence-corrected chi connectivity index (χ1v) is 10.1. The standard InChI is InChI=1S/C21H21ClN4OS/c1-4-12-26-19(16-8-10-17(22)11-9-16)24-25-21(26)28-15(3)20(27)23-18-7-5-6-14(2)13-18/h4-11,13,15H,1,12H2,2-3H3,(H,23,27). The number of thioether (sulfide) groups is 1. The van der Waals surface area contributed by atoms with Crippen molar-refractivity contribution < 1.29 is 4.79 Å². The number of allylic oxidation sites excluding steroid dienone is 1. The summed E-state index contributed by atoms with van der Waals surface area (Å²) in [7, 11) is 0. The number of benzene rings is 2. The van der Waals surface area contributed by atoms with E-state index in [0.29, 0.717) is 22.5 Å². The van der Waals surface area contributed by atoms with Gasteiger partial charge in [-0.05, 0) is 55.8 Å². The second-order valence-electron chi connectivity index (χ2n) is 6.33. The predicted octanol–water partition coefficient (Wildman–Crippen LogP) is 5.21. The molecule has 0 saturated carbocycles. The van der Waals surface area contributed by atoms with E-state index in [0.717, 1.165) is 16.8 Å². The van der Waals surface area contributed by atoms with Gasteiger partial charge in [0.25, 0.3) is 0 Å². The minimum atomic E-state index is -0.341. The molecule has 7 heteroatoms. The van der Waals surface area contributed by atoms with Crippen molar-refractivity contribution in [2.75, 3.05) is 5.32 Å². The van der Waals surface area contributed by atoms with E-state index in [1.807, 2.05) is 66.9 Å². The fourth-order valence-corrected chi connectivity index (χ4v) is 3.64. The number of hydrogen-bond donors (Lipinski definition) is 1. The summed E-state index contributed by atoms with van der Waals surface area (Å²) in [5, 5.41) is 12.5. The van der Waals surface area contributed by atoms with Gasteiger partial charge in [-0.2, -0.15) is 0 Å². The van der Waals surface area contributed by atoms with Gasteiger partial charge in [0.1, 0.15) is 0 Å². The number of aromatic nitrogens is 3. The van der Waals surface area contributed by atoms with Gasteiger partial charge < -0.3 is 5.32 Å². The van der Waals surface area contributed by atoms with Gasteiger partial charge >= 0.3 is 0 Å². The maximum atomic E-state index is 12.6. The molecule has 0 aliphatic carbocycles. The average molecular weight is 413 g/mol. The molecule has 1 atom stereocenters. The fraction of sp³-hybridized carbons (Fsp3) is 0.190. The molecule has 1 heterocycles. The predicted molar refractivity (Wildman–Crippen MR) is 116 cm³/mol. The van der Waals surface area contributed by atoms with Crippen molar-refractivity contribution in [1.29, 1.82) is 0 Å². The van der Waals surface area contributed by atoms with Gasteiger partial charge in [-0.1, -0.05) is 41.6 Å². The first kappa shape index (κ1) is 20.2. The highest BCUT2D eigenvalue weighted by Crippen LogP contribution is 2.28. The number of rotatable bonds is 7. The monoisotopic (exact) mass is 412 g/mol. The summed E-state index contributed by atoms with van der Waals surface area (Å²) in [4.78, 5) is 12.6. The van der Waals surface area contributed by atoms with Crippen molar-refractivity contribution in [2.24, 2.45) is 0 Å². The van der Waals surface area contributed by atoms with E-state index in [2.05, 4.69) is 22.1 Å². The van der Waals surface area contributed by atoms with Crippen LogP contribution in [0.2, 0.25) is 5.02 Å². The molecular formula is C21H21ClN4OS. The Morgan fingerprint density at radius 2 is 2.04 bits per heavy atom. The van der Waals surface area contributed by atoms with Gasteiger partial charge in [-0.25, -0.2) is 0 Å². The lowest BCUT2D eigenvalue weighted by Gasteiger charge is -2.13. The van der Waals surface area contributed by atoms with Crippen molar-refractivity contribution in [3.8, 4) is 11.4 Å². The quantitative estimate of drug-likeness (QED) is 0.427. The van der Waals surface area contributed by atoms with Crippen LogP contribution in [0.25, 0.3) is 11.4 Å². The minimum absolute atomic E-state index is 0.0863. The molecule has 0 saturated heterocycles. The molecular weight excluding hydrogens is 392 g/mol. The number of carbonyl (C=O) groups excluding carboxylic acids is 1. The normalized spacial score (nSPS) is 11.8. The van der Waals surface area contributed by atoms with E-state index in [1.165, 1.54) is 11.8 Å². The van der Waals surface area contributed by atoms with Crippen LogP contribution in [0.4, 0.5) is 5.69 Å². The number of amides is 1. The van der Waals surface area contributed by atoms with Gasteiger partial charge in [0.2, 0.25) is 5.91 Å². The third-order valence-corrected chi connectivity index (χ3v) is 5.40. The Labute approximate surface area is 173 Å². The number of halogens is 1. The summed E-state index contributed by atoms with van der Waals surface area (Å²) < 4.78 is 1.94. The number of nitrogens with one attached hydrogen (secondary N) is 1. The molecule has 0 aliphatic heterocycles. The second kappa shape index (κ2) is 9.08. The van der Waals surface area contributed by atoms with Crippen LogP contribution in [0.15, 0.2) is 66.3 Å². The van der Waals surface area contributed by atoms with E-state index in [1.54, 1.807) is 6.08 Å². The molecule has 3 rings (SSSR count). The Balaban J connectivity index is 1.78. The first-order valence-electron chi connectivity index (χ1n) is 8.82. The van der Waals surface area contributed by atoms with Crippen molar-refractivity contribution in [2.45, 2.75) is 30.8 Å². The van der Waals surface area contributed by atoms with Crippen LogP contribution >= 0.6 is 23.4 Å². The summed E-state index contributed by atoms with van der Waals surface area (Å²) in [5.41, 5.74) is 2.78. The van der Waals surface area contributed by atoms with E-state index < -0.39 is 0 Å². The van der Waals surface area contributed by atoms with E-state index in [-0.39, 0.29) is 11.2 Å². The number of nitrogens with zero attached hydrogens (tertiary/aromatic N) is 3. The van der Waals surface area contributed by atoms with E-state index in [4.69, 9.17) is 11.6 Å². The molecule has 2 aromatic carbocycles. The molecule has 1 amide bonds. The SMILES string of the molecule is C=CCn1c(SC(C)C(=O)Nc2cccc(C)c2)nnc1-c1ccc(Cl)cc1. The molecule has 1 aromatic heterocycles. The largest absolute Gasteiger partial charge is 0.325 e. The van der Waals surface area contributed by atoms with Gasteiger partial charge in [-0.3, -0.25) is 9.36 Å². The van der Waals surface area contributed by atoms with Crippen molar-refractivity contribution in [3.63, 3.8) is 0 Å². The number of aryl methyl sites for hydroxylation is 1. The maximum absolute atomic E-state index is 12.6. The van der Waals surface area contributed by atoms with Crippen LogP contribution < -0.4 is 5.32 Å². The Hall–Kier alpha value is -2.57. The zero-order chi connectivity index (χ0) is 20.1. The van der Waals surface area contributed by atoms with Gasteiger partial charge in [0, 0.05) is 22.8 Å². The van der Waals surface area contributed by atoms with Crippen LogP contribution in [0, 0.1) is 6.92 Å². The van der Waals surface area contributed by atoms with Gasteiger partial charge in [0.15, 0.2) is 11.0 Å². The lowest BCUT2D eigenvalue weighted by Crippen LogP contribution is -2.23. The number of carbonyl (C=O) groups is 1. The van der Waals surface area contributed by atoms with Crippen molar-refractivity contribution >= 4 is 35.0 Å². The summed E-state index contributed by atoms with van der Waals surface area (Å²) in [6, 6.07) is 15.1. The van der Waals surface area contributed by atoms with Gasteiger partial charge in [-0.15, -0.1) is 16.8 Å². The molecule has 0 spiro atoms. The third kappa shape index (κ3) is 4.82. The highest BCUT2D eigenvalue weighted by molar-refractivity contribution is 8.00. The summed E-state index contributed by atoms with van der Waals surface area (Å²) in [5.74, 6) is 0.627. The molecule has 28 heavy (non-hydrogen) atoms. The highest BCUT2D eigenvalue weighted by atomic mass is 35.5. The zero-order valence-corrected chi connectivity index (χ0v) is 17.3. The minimum Gasteiger partial charge on any atom is -0.325 e. The van der Waals surface area contributed by atoms with Crippen LogP contribution in [0.3, 0.4) is 0 Å². The lowest BCUT2D eigenvalue weighted by molar-refractivity contribution is -0.115. The summed E-state index contributed by atoms with van der Waals surface area (Å²) >= 11 is 7.34. The molecule has 144 valence electrons. The van der Waals surface area contributed by atoms with Crippen molar-refractivity contribution in [1.82, 2.24) is 14.8 Å². The topological polar surface area (TPSA) is 59.8 Å². The van der Waals surface area contributed by atoms with Crippen LogP contribution in [-0.4, -0.2) is 25.9 Å². The lowest BCUT2D eigenvalue weighted by atomic mass is 10.2. The Morgan fingerprint density at radius 3 is 2.71 bits per heavy atom. The first-order chi connectivity index (χ1) is 13.5. The van der Waals surface area contributed by atoms with E-state index in [9.17, 15) is 4.79 Å². The maximum Gasteiger partial charge on any atom is 0.237 e. The molecule has 0 radical (unpaired) electrons. The summed E-state index contributed by atoms with van der Waals surface area (Å²) in [6.45, 7) is 8.20. The summed E-state index contributed by atoms with van der Waals surface area (Å²) in [6.07, 6.45) is 1.78. The molecule has 0 bridgehead atoms. The Morgan fingerprint density at radius 1 is 1.29 bits per heavy atom. The van der Waals surface area contributed by atoms with Crippen LogP contribution in [0.5, 0.6) is 0 Å². The molecule has 3 aromatic rings. The van der Waals surface area contributed by atoms with E-state index >= 15 is 0 Å². The molecule has 0 aliphatic rings. The zero-order valence-electron chi connectivity index (χ0n) is 15.7. The Bertz CT molecular complexity index is 984. The highest BCUT2D eigenvalue weighted by Gasteiger charge is 2.20. The molecule has 1 N–H and O–H groups in total. The van der Waals surface area contributed by atoms with Crippen LogP contribution in [0.1, 0.15) is 12.5 Å². The smallest absolute Gasteiger partial charge is 0.237 e. The van der Waals surface area contributed by atoms with Crippen molar-refractivity contribution in [3.05, 3.63) is 71.8 Å². The fourth-order valence-electron chi connectivity index (χ4n) is 2.66. The molecule has 0 fully saturated rings. The second-order valence-corrected chi connectivity index (χ2v) is 8.08. The molecule has 5 nitrogen and oxygen atoms in total. The average Bonchev–Trinajstić information content (AvgIpc) is 3.05. The van der Waals surface area contributed by atoms with Gasteiger partial charge in [0.05, 0.1) is 5.25 Å².